The topological polar surface area (TPSA) is 58.2 Å². The van der Waals surface area contributed by atoms with Crippen LogP contribution in [0.2, 0.25) is 0 Å². The van der Waals surface area contributed by atoms with Gasteiger partial charge in [0.25, 0.3) is 0 Å². The minimum absolute atomic E-state index is 0.0178. The highest BCUT2D eigenvalue weighted by Crippen LogP contribution is 2.42. The number of carbonyl (C=O) groups is 2. The van der Waals surface area contributed by atoms with Gasteiger partial charge < -0.3 is 10.6 Å². The van der Waals surface area contributed by atoms with E-state index in [1.54, 1.807) is 11.3 Å². The largest absolute Gasteiger partial charge is 0.351 e. The summed E-state index contributed by atoms with van der Waals surface area (Å²) in [7, 11) is 0. The van der Waals surface area contributed by atoms with Crippen molar-refractivity contribution in [3.8, 4) is 0 Å². The maximum absolute atomic E-state index is 11.8. The molecule has 1 saturated heterocycles. The van der Waals surface area contributed by atoms with Crippen LogP contribution in [0, 0.1) is 0 Å². The van der Waals surface area contributed by atoms with Gasteiger partial charge in [0.05, 0.1) is 0 Å². The molecule has 1 aromatic heterocycles. The smallest absolute Gasteiger partial charge is 0.242 e. The third-order valence-corrected chi connectivity index (χ3v) is 4.34. The minimum atomic E-state index is -0.313. The number of rotatable bonds is 3. The molecule has 2 fully saturated rings. The van der Waals surface area contributed by atoms with Gasteiger partial charge in [-0.2, -0.15) is 0 Å². The molecule has 1 aromatic rings. The van der Waals surface area contributed by atoms with E-state index in [-0.39, 0.29) is 23.9 Å². The first-order valence-electron chi connectivity index (χ1n) is 5.87. The molecule has 1 aliphatic heterocycles. The lowest BCUT2D eigenvalue weighted by molar-refractivity contribution is -0.125. The lowest BCUT2D eigenvalue weighted by atomic mass is 10.2. The molecular formula is C12H14N2O2S. The molecule has 1 aliphatic carbocycles. The summed E-state index contributed by atoms with van der Waals surface area (Å²) in [5.74, 6) is 0.437. The number of nitrogens with one attached hydrogen (secondary N) is 2. The highest BCUT2D eigenvalue weighted by Gasteiger charge is 2.41. The molecule has 2 amide bonds. The van der Waals surface area contributed by atoms with E-state index in [4.69, 9.17) is 0 Å². The van der Waals surface area contributed by atoms with Crippen molar-refractivity contribution in [3.63, 3.8) is 0 Å². The van der Waals surface area contributed by atoms with Gasteiger partial charge in [0.2, 0.25) is 11.8 Å². The van der Waals surface area contributed by atoms with Crippen molar-refractivity contribution in [1.29, 1.82) is 0 Å². The summed E-state index contributed by atoms with van der Waals surface area (Å²) >= 11 is 1.74. The van der Waals surface area contributed by atoms with Gasteiger partial charge in [-0.25, -0.2) is 0 Å². The number of hydrogen-bond acceptors (Lipinski definition) is 3. The molecule has 2 N–H and O–H groups in total. The van der Waals surface area contributed by atoms with E-state index >= 15 is 0 Å². The molecule has 3 unspecified atom stereocenters. The first-order chi connectivity index (χ1) is 8.24. The summed E-state index contributed by atoms with van der Waals surface area (Å²) < 4.78 is 0. The van der Waals surface area contributed by atoms with Crippen LogP contribution in [0.1, 0.15) is 30.1 Å². The summed E-state index contributed by atoms with van der Waals surface area (Å²) in [4.78, 5) is 24.2. The predicted molar refractivity (Wildman–Crippen MR) is 64.8 cm³/mol. The lowest BCUT2D eigenvalue weighted by Gasteiger charge is -2.10. The summed E-state index contributed by atoms with van der Waals surface area (Å²) in [6, 6.07) is 4.10. The Labute approximate surface area is 103 Å². The number of carbonyl (C=O) groups excluding carboxylic acids is 2. The van der Waals surface area contributed by atoms with E-state index in [1.807, 2.05) is 6.07 Å². The number of hydrogen-bond donors (Lipinski definition) is 2. The van der Waals surface area contributed by atoms with Crippen LogP contribution in [0.15, 0.2) is 17.5 Å². The van der Waals surface area contributed by atoms with Crippen molar-refractivity contribution >= 4 is 23.2 Å². The van der Waals surface area contributed by atoms with Crippen molar-refractivity contribution in [2.24, 2.45) is 0 Å². The molecule has 0 radical (unpaired) electrons. The van der Waals surface area contributed by atoms with Crippen LogP contribution < -0.4 is 10.6 Å². The summed E-state index contributed by atoms with van der Waals surface area (Å²) in [5, 5.41) is 7.75. The molecule has 3 rings (SSSR count). The predicted octanol–water partition coefficient (Wildman–Crippen LogP) is 0.999. The molecule has 17 heavy (non-hydrogen) atoms. The van der Waals surface area contributed by atoms with Crippen LogP contribution in [0.4, 0.5) is 0 Å². The van der Waals surface area contributed by atoms with Crippen molar-refractivity contribution in [2.45, 2.75) is 37.3 Å². The summed E-state index contributed by atoms with van der Waals surface area (Å²) in [6.07, 6.45) is 2.12. The molecule has 4 nitrogen and oxygen atoms in total. The third kappa shape index (κ3) is 2.20. The van der Waals surface area contributed by atoms with Crippen LogP contribution in [0.25, 0.3) is 0 Å². The maximum Gasteiger partial charge on any atom is 0.242 e. The molecule has 90 valence electrons. The van der Waals surface area contributed by atoms with Crippen molar-refractivity contribution in [3.05, 3.63) is 22.4 Å². The SMILES string of the molecule is O=C1CCC(C(=O)NC2CC2c2cccs2)N1. The zero-order valence-electron chi connectivity index (χ0n) is 9.31. The molecule has 0 aromatic carbocycles. The number of thiophene rings is 1. The Morgan fingerprint density at radius 3 is 3.06 bits per heavy atom. The Hall–Kier alpha value is -1.36. The first kappa shape index (κ1) is 10.8. The van der Waals surface area contributed by atoms with Gasteiger partial charge in [-0.05, 0) is 24.3 Å². The monoisotopic (exact) mass is 250 g/mol. The summed E-state index contributed by atoms with van der Waals surface area (Å²) in [6.45, 7) is 0. The average molecular weight is 250 g/mol. The van der Waals surface area contributed by atoms with Gasteiger partial charge in [-0.15, -0.1) is 11.3 Å². The first-order valence-corrected chi connectivity index (χ1v) is 6.75. The zero-order valence-corrected chi connectivity index (χ0v) is 10.1. The molecular weight excluding hydrogens is 236 g/mol. The van der Waals surface area contributed by atoms with Crippen LogP contribution in [0.5, 0.6) is 0 Å². The second-order valence-electron chi connectivity index (χ2n) is 4.63. The standard InChI is InChI=1S/C12H14N2O2S/c15-11-4-3-8(13-11)12(16)14-9-6-7(9)10-2-1-5-17-10/h1-2,5,7-9H,3-4,6H2,(H,13,15)(H,14,16). The van der Waals surface area contributed by atoms with E-state index in [1.165, 1.54) is 4.88 Å². The Morgan fingerprint density at radius 2 is 2.41 bits per heavy atom. The Kier molecular flexibility index (Phi) is 2.63. The fraction of sp³-hybridized carbons (Fsp3) is 0.500. The fourth-order valence-electron chi connectivity index (χ4n) is 2.27. The molecule has 0 spiro atoms. The molecule has 5 heteroatoms. The molecule has 0 bridgehead atoms. The van der Waals surface area contributed by atoms with Gasteiger partial charge in [-0.1, -0.05) is 6.07 Å². The molecule has 2 heterocycles. The van der Waals surface area contributed by atoms with Gasteiger partial charge in [0, 0.05) is 23.3 Å². The highest BCUT2D eigenvalue weighted by atomic mass is 32.1. The fourth-order valence-corrected chi connectivity index (χ4v) is 3.17. The summed E-state index contributed by atoms with van der Waals surface area (Å²) in [5.41, 5.74) is 0. The van der Waals surface area contributed by atoms with Gasteiger partial charge in [0.15, 0.2) is 0 Å². The van der Waals surface area contributed by atoms with Crippen LogP contribution in [-0.4, -0.2) is 23.9 Å². The van der Waals surface area contributed by atoms with E-state index in [0.29, 0.717) is 18.8 Å². The van der Waals surface area contributed by atoms with E-state index in [2.05, 4.69) is 22.1 Å². The molecule has 2 aliphatic rings. The Balaban J connectivity index is 1.52. The average Bonchev–Trinajstić information content (AvgIpc) is 2.77. The Bertz CT molecular complexity index is 443. The van der Waals surface area contributed by atoms with Crippen LogP contribution in [0.3, 0.4) is 0 Å². The van der Waals surface area contributed by atoms with Crippen LogP contribution >= 0.6 is 11.3 Å². The second-order valence-corrected chi connectivity index (χ2v) is 5.61. The van der Waals surface area contributed by atoms with Gasteiger partial charge in [0.1, 0.15) is 6.04 Å². The number of amides is 2. The van der Waals surface area contributed by atoms with Crippen molar-refractivity contribution in [2.75, 3.05) is 0 Å². The zero-order chi connectivity index (χ0) is 11.8. The van der Waals surface area contributed by atoms with Gasteiger partial charge in [-0.3, -0.25) is 9.59 Å². The third-order valence-electron chi connectivity index (χ3n) is 3.34. The van der Waals surface area contributed by atoms with E-state index in [0.717, 1.165) is 6.42 Å². The Morgan fingerprint density at radius 1 is 1.53 bits per heavy atom. The highest BCUT2D eigenvalue weighted by molar-refractivity contribution is 7.10. The normalized spacial score (nSPS) is 31.1. The molecule has 3 atom stereocenters. The maximum atomic E-state index is 11.8. The van der Waals surface area contributed by atoms with Crippen molar-refractivity contribution < 1.29 is 9.59 Å². The van der Waals surface area contributed by atoms with Crippen LogP contribution in [-0.2, 0) is 9.59 Å². The van der Waals surface area contributed by atoms with Gasteiger partial charge >= 0.3 is 0 Å². The van der Waals surface area contributed by atoms with E-state index < -0.39 is 0 Å². The minimum Gasteiger partial charge on any atom is -0.351 e. The van der Waals surface area contributed by atoms with E-state index in [9.17, 15) is 9.59 Å². The quantitative estimate of drug-likeness (QED) is 0.840. The second kappa shape index (κ2) is 4.14. The molecule has 1 saturated carbocycles. The lowest BCUT2D eigenvalue weighted by Crippen LogP contribution is -2.42. The van der Waals surface area contributed by atoms with Crippen molar-refractivity contribution in [1.82, 2.24) is 10.6 Å².